The van der Waals surface area contributed by atoms with Crippen LogP contribution in [0.25, 0.3) is 0 Å². The molecule has 0 aliphatic heterocycles. The van der Waals surface area contributed by atoms with Crippen LogP contribution in [0.15, 0.2) is 11.6 Å². The molecule has 0 unspecified atom stereocenters. The number of ether oxygens (including phenoxy) is 2. The fraction of sp³-hybridized carbons (Fsp3) is 0.375. The van der Waals surface area contributed by atoms with Crippen molar-refractivity contribution in [3.8, 4) is 0 Å². The summed E-state index contributed by atoms with van der Waals surface area (Å²) in [7, 11) is 2.27. The third-order valence-corrected chi connectivity index (χ3v) is 1.25. The lowest BCUT2D eigenvalue weighted by atomic mass is 10.2. The van der Waals surface area contributed by atoms with Crippen LogP contribution in [0, 0.1) is 0 Å². The first kappa shape index (κ1) is 11.4. The average molecular weight is 186 g/mol. The van der Waals surface area contributed by atoms with Crippen LogP contribution in [0.5, 0.6) is 0 Å². The zero-order valence-electron chi connectivity index (χ0n) is 7.62. The monoisotopic (exact) mass is 186 g/mol. The molecule has 0 heterocycles. The first-order valence-electron chi connectivity index (χ1n) is 3.41. The SMILES string of the molecule is COC(=O)/C=C(\C(C)=O)C(=O)OC. The van der Waals surface area contributed by atoms with E-state index >= 15 is 0 Å². The number of esters is 2. The molecule has 5 nitrogen and oxygen atoms in total. The predicted molar refractivity (Wildman–Crippen MR) is 42.8 cm³/mol. The van der Waals surface area contributed by atoms with Crippen molar-refractivity contribution in [2.24, 2.45) is 0 Å². The fourth-order valence-electron chi connectivity index (χ4n) is 0.591. The van der Waals surface area contributed by atoms with Crippen molar-refractivity contribution in [2.75, 3.05) is 14.2 Å². The molecule has 0 aromatic heterocycles. The van der Waals surface area contributed by atoms with Crippen molar-refractivity contribution in [3.05, 3.63) is 11.6 Å². The molecule has 0 saturated carbocycles. The van der Waals surface area contributed by atoms with Crippen molar-refractivity contribution in [2.45, 2.75) is 6.92 Å². The van der Waals surface area contributed by atoms with Crippen LogP contribution in [-0.2, 0) is 23.9 Å². The Hall–Kier alpha value is -1.65. The smallest absolute Gasteiger partial charge is 0.341 e. The summed E-state index contributed by atoms with van der Waals surface area (Å²) >= 11 is 0. The van der Waals surface area contributed by atoms with Crippen molar-refractivity contribution in [3.63, 3.8) is 0 Å². The number of methoxy groups -OCH3 is 2. The molecule has 0 bridgehead atoms. The van der Waals surface area contributed by atoms with E-state index in [0.717, 1.165) is 27.2 Å². The minimum Gasteiger partial charge on any atom is -0.466 e. The third-order valence-electron chi connectivity index (χ3n) is 1.25. The highest BCUT2D eigenvalue weighted by Crippen LogP contribution is 1.99. The number of hydrogen-bond acceptors (Lipinski definition) is 5. The van der Waals surface area contributed by atoms with Gasteiger partial charge in [-0.1, -0.05) is 0 Å². The molecule has 0 aromatic rings. The van der Waals surface area contributed by atoms with Crippen LogP contribution in [-0.4, -0.2) is 31.9 Å². The molecule has 13 heavy (non-hydrogen) atoms. The summed E-state index contributed by atoms with van der Waals surface area (Å²) in [6.45, 7) is 1.16. The highest BCUT2D eigenvalue weighted by Gasteiger charge is 2.16. The molecule has 0 aliphatic carbocycles. The lowest BCUT2D eigenvalue weighted by Gasteiger charge is -1.99. The Bertz CT molecular complexity index is 264. The minimum absolute atomic E-state index is 0.325. The largest absolute Gasteiger partial charge is 0.466 e. The van der Waals surface area contributed by atoms with E-state index in [1.807, 2.05) is 0 Å². The van der Waals surface area contributed by atoms with E-state index in [1.165, 1.54) is 0 Å². The lowest BCUT2D eigenvalue weighted by molar-refractivity contribution is -0.139. The summed E-state index contributed by atoms with van der Waals surface area (Å²) in [6.07, 6.45) is 0.800. The second kappa shape index (κ2) is 5.08. The van der Waals surface area contributed by atoms with Crippen LogP contribution in [0.2, 0.25) is 0 Å². The summed E-state index contributed by atoms with van der Waals surface area (Å²) in [6, 6.07) is 0. The molecule has 0 N–H and O–H groups in total. The number of carbonyl (C=O) groups excluding carboxylic acids is 3. The molecule has 0 saturated heterocycles. The molecule has 0 radical (unpaired) electrons. The van der Waals surface area contributed by atoms with Gasteiger partial charge in [-0.25, -0.2) is 9.59 Å². The van der Waals surface area contributed by atoms with E-state index < -0.39 is 17.7 Å². The molecule has 0 aliphatic rings. The summed E-state index contributed by atoms with van der Waals surface area (Å²) in [4.78, 5) is 32.4. The molecule has 0 fully saturated rings. The fourth-order valence-corrected chi connectivity index (χ4v) is 0.591. The Morgan fingerprint density at radius 2 is 1.62 bits per heavy atom. The summed E-state index contributed by atoms with van der Waals surface area (Å²) < 4.78 is 8.53. The van der Waals surface area contributed by atoms with Crippen molar-refractivity contribution < 1.29 is 23.9 Å². The Labute approximate surface area is 75.3 Å². The molecular weight excluding hydrogens is 176 g/mol. The van der Waals surface area contributed by atoms with Crippen LogP contribution >= 0.6 is 0 Å². The van der Waals surface area contributed by atoms with Gasteiger partial charge in [0.2, 0.25) is 0 Å². The molecule has 0 amide bonds. The molecule has 5 heteroatoms. The first-order chi connectivity index (χ1) is 6.02. The number of Topliss-reactive ketones (excluding diaryl/α,β-unsaturated/α-hetero) is 1. The zero-order chi connectivity index (χ0) is 10.4. The highest BCUT2D eigenvalue weighted by atomic mass is 16.5. The normalized spacial score (nSPS) is 10.5. The minimum atomic E-state index is -0.849. The van der Waals surface area contributed by atoms with E-state index in [1.54, 1.807) is 0 Å². The maximum atomic E-state index is 10.9. The molecule has 0 rings (SSSR count). The van der Waals surface area contributed by atoms with Gasteiger partial charge < -0.3 is 9.47 Å². The number of hydrogen-bond donors (Lipinski definition) is 0. The van der Waals surface area contributed by atoms with Crippen LogP contribution in [0.1, 0.15) is 6.92 Å². The molecule has 0 atom stereocenters. The van der Waals surface area contributed by atoms with Gasteiger partial charge in [-0.3, -0.25) is 4.79 Å². The second-order valence-electron chi connectivity index (χ2n) is 2.13. The molecule has 72 valence electrons. The standard InChI is InChI=1S/C8H10O5/c1-5(9)6(8(11)13-3)4-7(10)12-2/h4H,1-3H3/b6-4+. The predicted octanol–water partition coefficient (Wildman–Crippen LogP) is -0.152. The van der Waals surface area contributed by atoms with E-state index in [4.69, 9.17) is 0 Å². The third kappa shape index (κ3) is 3.50. The van der Waals surface area contributed by atoms with Gasteiger partial charge >= 0.3 is 11.9 Å². The average Bonchev–Trinajstić information content (AvgIpc) is 2.11. The first-order valence-corrected chi connectivity index (χ1v) is 3.41. The van der Waals surface area contributed by atoms with Crippen molar-refractivity contribution >= 4 is 17.7 Å². The quantitative estimate of drug-likeness (QED) is 0.265. The Kier molecular flexibility index (Phi) is 4.43. The summed E-state index contributed by atoms with van der Waals surface area (Å²) in [5.74, 6) is -2.16. The van der Waals surface area contributed by atoms with Crippen molar-refractivity contribution in [1.82, 2.24) is 0 Å². The topological polar surface area (TPSA) is 69.7 Å². The van der Waals surface area contributed by atoms with Gasteiger partial charge in [0, 0.05) is 6.08 Å². The van der Waals surface area contributed by atoms with Crippen LogP contribution in [0.3, 0.4) is 0 Å². The number of ketones is 1. The molecule has 0 aromatic carbocycles. The summed E-state index contributed by atoms with van der Waals surface area (Å²) in [5.41, 5.74) is -0.325. The lowest BCUT2D eigenvalue weighted by Crippen LogP contribution is -2.14. The van der Waals surface area contributed by atoms with Crippen molar-refractivity contribution in [1.29, 1.82) is 0 Å². The summed E-state index contributed by atoms with van der Waals surface area (Å²) in [5, 5.41) is 0. The van der Waals surface area contributed by atoms with E-state index in [9.17, 15) is 14.4 Å². The van der Waals surface area contributed by atoms with Gasteiger partial charge in [0.1, 0.15) is 5.57 Å². The van der Waals surface area contributed by atoms with E-state index in [0.29, 0.717) is 0 Å². The zero-order valence-corrected chi connectivity index (χ0v) is 7.62. The molecule has 0 spiro atoms. The van der Waals surface area contributed by atoms with Gasteiger partial charge in [0.05, 0.1) is 14.2 Å². The highest BCUT2D eigenvalue weighted by molar-refractivity contribution is 6.19. The maximum Gasteiger partial charge on any atom is 0.341 e. The van der Waals surface area contributed by atoms with Gasteiger partial charge in [-0.2, -0.15) is 0 Å². The number of carbonyl (C=O) groups is 3. The van der Waals surface area contributed by atoms with Gasteiger partial charge in [-0.05, 0) is 6.92 Å². The Morgan fingerprint density at radius 3 is 1.92 bits per heavy atom. The van der Waals surface area contributed by atoms with E-state index in [-0.39, 0.29) is 5.57 Å². The van der Waals surface area contributed by atoms with Crippen LogP contribution in [0.4, 0.5) is 0 Å². The van der Waals surface area contributed by atoms with Gasteiger partial charge in [0.15, 0.2) is 5.78 Å². The van der Waals surface area contributed by atoms with Gasteiger partial charge in [0.25, 0.3) is 0 Å². The van der Waals surface area contributed by atoms with Crippen LogP contribution < -0.4 is 0 Å². The van der Waals surface area contributed by atoms with Gasteiger partial charge in [-0.15, -0.1) is 0 Å². The number of rotatable bonds is 3. The Morgan fingerprint density at radius 1 is 1.08 bits per heavy atom. The maximum absolute atomic E-state index is 10.9. The Balaban J connectivity index is 4.81. The molecular formula is C8H10O5. The second-order valence-corrected chi connectivity index (χ2v) is 2.13. The van der Waals surface area contributed by atoms with E-state index in [2.05, 4.69) is 9.47 Å².